The van der Waals surface area contributed by atoms with Gasteiger partial charge in [0.25, 0.3) is 0 Å². The van der Waals surface area contributed by atoms with Gasteiger partial charge in [0.1, 0.15) is 18.2 Å². The van der Waals surface area contributed by atoms with Crippen LogP contribution in [0, 0.1) is 11.6 Å². The third-order valence-electron chi connectivity index (χ3n) is 6.82. The van der Waals surface area contributed by atoms with Crippen molar-refractivity contribution in [1.82, 2.24) is 20.4 Å². The zero-order valence-corrected chi connectivity index (χ0v) is 22.8. The Kier molecular flexibility index (Phi) is 10.9. The Balaban J connectivity index is 1.67. The maximum atomic E-state index is 13.8. The molecular formula is C29H38F2N4O4. The SMILES string of the molecule is CCCN1C(=O)C(=O)N(CC(=O)N[C@@H](Cc2cc(F)cc(F)c2)[C@@H](O)CNCc2cccc(CC)c2)C[C@H]1C. The maximum absolute atomic E-state index is 13.8. The molecule has 0 radical (unpaired) electrons. The van der Waals surface area contributed by atoms with Crippen LogP contribution in [-0.2, 0) is 33.8 Å². The monoisotopic (exact) mass is 544 g/mol. The number of aryl methyl sites for hydroxylation is 1. The third kappa shape index (κ3) is 8.56. The van der Waals surface area contributed by atoms with Gasteiger partial charge in [-0.1, -0.05) is 38.1 Å². The van der Waals surface area contributed by atoms with Crippen LogP contribution >= 0.6 is 0 Å². The van der Waals surface area contributed by atoms with Crippen LogP contribution in [0.15, 0.2) is 42.5 Å². The van der Waals surface area contributed by atoms with E-state index in [2.05, 4.69) is 23.6 Å². The number of halogens is 2. The smallest absolute Gasteiger partial charge is 0.312 e. The lowest BCUT2D eigenvalue weighted by Gasteiger charge is -2.38. The molecule has 1 heterocycles. The van der Waals surface area contributed by atoms with Crippen LogP contribution in [-0.4, -0.2) is 77.0 Å². The first-order chi connectivity index (χ1) is 18.6. The first-order valence-electron chi connectivity index (χ1n) is 13.4. The fraction of sp³-hybridized carbons (Fsp3) is 0.483. The van der Waals surface area contributed by atoms with Crippen LogP contribution in [0.4, 0.5) is 8.78 Å². The molecular weight excluding hydrogens is 506 g/mol. The van der Waals surface area contributed by atoms with Gasteiger partial charge in [-0.25, -0.2) is 8.78 Å². The zero-order chi connectivity index (χ0) is 28.5. The van der Waals surface area contributed by atoms with Crippen molar-refractivity contribution < 1.29 is 28.3 Å². The lowest BCUT2D eigenvalue weighted by molar-refractivity contribution is -0.159. The number of hydrogen-bond donors (Lipinski definition) is 3. The maximum Gasteiger partial charge on any atom is 0.312 e. The summed E-state index contributed by atoms with van der Waals surface area (Å²) in [6.45, 7) is 6.68. The van der Waals surface area contributed by atoms with E-state index in [0.29, 0.717) is 19.5 Å². The highest BCUT2D eigenvalue weighted by Crippen LogP contribution is 2.14. The van der Waals surface area contributed by atoms with Gasteiger partial charge < -0.3 is 25.5 Å². The Morgan fingerprint density at radius 2 is 1.74 bits per heavy atom. The van der Waals surface area contributed by atoms with E-state index >= 15 is 0 Å². The number of rotatable bonds is 13. The van der Waals surface area contributed by atoms with Gasteiger partial charge in [-0.2, -0.15) is 0 Å². The molecule has 0 saturated carbocycles. The number of carbonyl (C=O) groups is 3. The number of nitrogens with zero attached hydrogens (tertiary/aromatic N) is 2. The summed E-state index contributed by atoms with van der Waals surface area (Å²) in [5.41, 5.74) is 2.49. The van der Waals surface area contributed by atoms with E-state index in [4.69, 9.17) is 0 Å². The number of nitrogens with one attached hydrogen (secondary N) is 2. The largest absolute Gasteiger partial charge is 0.390 e. The Morgan fingerprint density at radius 1 is 1.05 bits per heavy atom. The number of hydrogen-bond acceptors (Lipinski definition) is 5. The van der Waals surface area contributed by atoms with E-state index in [1.54, 1.807) is 0 Å². The molecule has 1 aliphatic heterocycles. The quantitative estimate of drug-likeness (QED) is 0.336. The van der Waals surface area contributed by atoms with Gasteiger partial charge in [0, 0.05) is 38.3 Å². The van der Waals surface area contributed by atoms with Crippen molar-refractivity contribution in [2.24, 2.45) is 0 Å². The van der Waals surface area contributed by atoms with Gasteiger partial charge >= 0.3 is 11.8 Å². The summed E-state index contributed by atoms with van der Waals surface area (Å²) < 4.78 is 27.6. The minimum Gasteiger partial charge on any atom is -0.390 e. The Labute approximate surface area is 228 Å². The highest BCUT2D eigenvalue weighted by molar-refractivity contribution is 6.35. The van der Waals surface area contributed by atoms with Crippen LogP contribution in [0.25, 0.3) is 0 Å². The Hall–Kier alpha value is -3.37. The predicted molar refractivity (Wildman–Crippen MR) is 144 cm³/mol. The molecule has 3 N–H and O–H groups in total. The first-order valence-corrected chi connectivity index (χ1v) is 13.4. The molecule has 3 atom stereocenters. The van der Waals surface area contributed by atoms with E-state index in [1.807, 2.05) is 32.0 Å². The highest BCUT2D eigenvalue weighted by Gasteiger charge is 2.37. The summed E-state index contributed by atoms with van der Waals surface area (Å²) in [6, 6.07) is 9.92. The number of piperazine rings is 1. The second-order valence-corrected chi connectivity index (χ2v) is 10.1. The molecule has 0 unspecified atom stereocenters. The second-order valence-electron chi connectivity index (χ2n) is 10.1. The topological polar surface area (TPSA) is 102 Å². The number of aliphatic hydroxyl groups excluding tert-OH is 1. The molecule has 0 aromatic heterocycles. The normalized spacial score (nSPS) is 17.3. The number of carbonyl (C=O) groups excluding carboxylic acids is 3. The van der Waals surface area contributed by atoms with Gasteiger partial charge in [0.15, 0.2) is 0 Å². The molecule has 10 heteroatoms. The van der Waals surface area contributed by atoms with E-state index in [-0.39, 0.29) is 37.7 Å². The van der Waals surface area contributed by atoms with Crippen molar-refractivity contribution in [2.45, 2.75) is 64.8 Å². The Morgan fingerprint density at radius 3 is 2.41 bits per heavy atom. The second kappa shape index (κ2) is 14.1. The molecule has 3 rings (SSSR count). The van der Waals surface area contributed by atoms with E-state index in [0.717, 1.165) is 30.2 Å². The van der Waals surface area contributed by atoms with Gasteiger partial charge in [-0.05, 0) is 55.0 Å². The van der Waals surface area contributed by atoms with Crippen LogP contribution in [0.5, 0.6) is 0 Å². The van der Waals surface area contributed by atoms with Gasteiger partial charge in [0.05, 0.1) is 12.1 Å². The van der Waals surface area contributed by atoms with Crippen molar-refractivity contribution in [2.75, 3.05) is 26.2 Å². The molecule has 1 saturated heterocycles. The standard InChI is InChI=1S/C29H38F2N4O4/c1-4-9-35-19(3)17-34(28(38)29(35)39)18-27(37)33-25(13-22-11-23(30)14-24(31)12-22)26(36)16-32-15-21-8-6-7-20(5-2)10-21/h6-8,10-12,14,19,25-26,32,36H,4-5,9,13,15-18H2,1-3H3,(H,33,37)/t19-,25+,26+/m1/s1. The number of aliphatic hydroxyl groups is 1. The molecule has 0 aliphatic carbocycles. The van der Waals surface area contributed by atoms with Crippen molar-refractivity contribution in [1.29, 1.82) is 0 Å². The van der Waals surface area contributed by atoms with Crippen molar-refractivity contribution >= 4 is 17.7 Å². The molecule has 8 nitrogen and oxygen atoms in total. The van der Waals surface area contributed by atoms with E-state index in [1.165, 1.54) is 15.4 Å². The van der Waals surface area contributed by atoms with E-state index in [9.17, 15) is 28.3 Å². The first kappa shape index (κ1) is 30.2. The average molecular weight is 545 g/mol. The van der Waals surface area contributed by atoms with Crippen molar-refractivity contribution in [3.8, 4) is 0 Å². The molecule has 212 valence electrons. The van der Waals surface area contributed by atoms with Crippen LogP contribution in [0.1, 0.15) is 43.9 Å². The molecule has 1 aliphatic rings. The van der Waals surface area contributed by atoms with Gasteiger partial charge in [-0.3, -0.25) is 14.4 Å². The number of amides is 3. The van der Waals surface area contributed by atoms with E-state index < -0.39 is 41.5 Å². The van der Waals surface area contributed by atoms with Crippen molar-refractivity contribution in [3.05, 3.63) is 70.8 Å². The summed E-state index contributed by atoms with van der Waals surface area (Å²) in [7, 11) is 0. The summed E-state index contributed by atoms with van der Waals surface area (Å²) in [6.07, 6.45) is 0.465. The molecule has 1 fully saturated rings. The number of benzene rings is 2. The minimum absolute atomic E-state index is 0.0395. The summed E-state index contributed by atoms with van der Waals surface area (Å²) in [5, 5.41) is 16.8. The van der Waals surface area contributed by atoms with Crippen LogP contribution in [0.3, 0.4) is 0 Å². The fourth-order valence-electron chi connectivity index (χ4n) is 4.82. The van der Waals surface area contributed by atoms with Crippen molar-refractivity contribution in [3.63, 3.8) is 0 Å². The summed E-state index contributed by atoms with van der Waals surface area (Å²) >= 11 is 0. The van der Waals surface area contributed by atoms with Crippen LogP contribution in [0.2, 0.25) is 0 Å². The summed E-state index contributed by atoms with van der Waals surface area (Å²) in [4.78, 5) is 40.8. The lowest BCUT2D eigenvalue weighted by atomic mass is 10.0. The molecule has 0 spiro atoms. The predicted octanol–water partition coefficient (Wildman–Crippen LogP) is 2.17. The lowest BCUT2D eigenvalue weighted by Crippen LogP contribution is -2.61. The minimum atomic E-state index is -1.10. The highest BCUT2D eigenvalue weighted by atomic mass is 19.1. The average Bonchev–Trinajstić information content (AvgIpc) is 2.88. The zero-order valence-electron chi connectivity index (χ0n) is 22.8. The summed E-state index contributed by atoms with van der Waals surface area (Å²) in [5.74, 6) is -3.50. The fourth-order valence-corrected chi connectivity index (χ4v) is 4.82. The molecule has 2 aromatic rings. The Bertz CT molecular complexity index is 1140. The molecule has 2 aromatic carbocycles. The van der Waals surface area contributed by atoms with Gasteiger partial charge in [-0.15, -0.1) is 0 Å². The molecule has 39 heavy (non-hydrogen) atoms. The van der Waals surface area contributed by atoms with Gasteiger partial charge in [0.2, 0.25) is 5.91 Å². The molecule has 0 bridgehead atoms. The van der Waals surface area contributed by atoms with Crippen LogP contribution < -0.4 is 10.6 Å². The third-order valence-corrected chi connectivity index (χ3v) is 6.82. The molecule has 3 amide bonds.